The highest BCUT2D eigenvalue weighted by Crippen LogP contribution is 2.19. The Morgan fingerprint density at radius 1 is 1.08 bits per heavy atom. The molecule has 4 atom stereocenters. The molecule has 1 aromatic carbocycles. The lowest BCUT2D eigenvalue weighted by Gasteiger charge is -2.29. The van der Waals surface area contributed by atoms with E-state index >= 15 is 0 Å². The van der Waals surface area contributed by atoms with Crippen molar-refractivity contribution in [2.24, 2.45) is 11.5 Å². The van der Waals surface area contributed by atoms with Gasteiger partial charge in [0.05, 0.1) is 18.8 Å². The number of hydrogen-bond donors (Lipinski definition) is 6. The van der Waals surface area contributed by atoms with Crippen LogP contribution in [0.5, 0.6) is 0 Å². The number of likely N-dealkylation sites (tertiary alicyclic amines) is 1. The van der Waals surface area contributed by atoms with E-state index in [2.05, 4.69) is 20.6 Å². The quantitative estimate of drug-likeness (QED) is 0.195. The average molecular weight is 514 g/mol. The number of aliphatic carboxylic acids is 1. The van der Waals surface area contributed by atoms with Crippen LogP contribution >= 0.6 is 0 Å². The summed E-state index contributed by atoms with van der Waals surface area (Å²) in [7, 11) is 0. The lowest BCUT2D eigenvalue weighted by atomic mass is 10.0. The second-order valence-electron chi connectivity index (χ2n) is 8.90. The topological polar surface area (TPSA) is 214 Å². The molecule has 13 heteroatoms. The molecule has 3 rings (SSSR count). The number of benzene rings is 1. The number of nitrogens with zero attached hydrogens (tertiary/aromatic N) is 2. The molecule has 2 heterocycles. The maximum absolute atomic E-state index is 13.4. The van der Waals surface area contributed by atoms with Gasteiger partial charge in [-0.15, -0.1) is 0 Å². The lowest BCUT2D eigenvalue weighted by molar-refractivity contribution is -0.149. The predicted octanol–water partition coefficient (Wildman–Crippen LogP) is -1.56. The largest absolute Gasteiger partial charge is 0.480 e. The summed E-state index contributed by atoms with van der Waals surface area (Å²) in [6.07, 6.45) is 3.46. The summed E-state index contributed by atoms with van der Waals surface area (Å²) in [6, 6.07) is 4.38. The number of aromatic nitrogens is 2. The number of nitrogens with two attached hydrogens (primary N) is 2. The first kappa shape index (κ1) is 27.3. The first-order valence-corrected chi connectivity index (χ1v) is 11.8. The zero-order chi connectivity index (χ0) is 26.9. The summed E-state index contributed by atoms with van der Waals surface area (Å²) in [5, 5.41) is 14.8. The van der Waals surface area contributed by atoms with Gasteiger partial charge in [0, 0.05) is 31.3 Å². The molecule has 1 aromatic heterocycles. The van der Waals surface area contributed by atoms with Crippen LogP contribution in [0.2, 0.25) is 0 Å². The fourth-order valence-electron chi connectivity index (χ4n) is 4.22. The van der Waals surface area contributed by atoms with Crippen molar-refractivity contribution in [1.82, 2.24) is 25.5 Å². The van der Waals surface area contributed by atoms with E-state index in [9.17, 15) is 29.1 Å². The van der Waals surface area contributed by atoms with Gasteiger partial charge in [-0.25, -0.2) is 9.78 Å². The Morgan fingerprint density at radius 3 is 2.41 bits per heavy atom. The third-order valence-electron chi connectivity index (χ3n) is 6.09. The van der Waals surface area contributed by atoms with E-state index in [4.69, 9.17) is 11.5 Å². The van der Waals surface area contributed by atoms with Crippen molar-refractivity contribution in [2.75, 3.05) is 6.54 Å². The summed E-state index contributed by atoms with van der Waals surface area (Å²) in [4.78, 5) is 70.4. The second-order valence-corrected chi connectivity index (χ2v) is 8.90. The molecular weight excluding hydrogens is 482 g/mol. The van der Waals surface area contributed by atoms with Crippen LogP contribution in [0.3, 0.4) is 0 Å². The van der Waals surface area contributed by atoms with Gasteiger partial charge in [0.1, 0.15) is 18.1 Å². The molecule has 1 aliphatic rings. The highest BCUT2D eigenvalue weighted by atomic mass is 16.4. The molecular formula is C24H31N7O6. The number of rotatable bonds is 12. The van der Waals surface area contributed by atoms with E-state index in [-0.39, 0.29) is 19.4 Å². The van der Waals surface area contributed by atoms with Crippen LogP contribution in [0.4, 0.5) is 0 Å². The number of carbonyl (C=O) groups excluding carboxylic acids is 4. The fourth-order valence-corrected chi connectivity index (χ4v) is 4.22. The van der Waals surface area contributed by atoms with Gasteiger partial charge in [0.2, 0.25) is 23.6 Å². The number of H-pyrrole nitrogens is 1. The average Bonchev–Trinajstić information content (AvgIpc) is 3.55. The Balaban J connectivity index is 1.82. The van der Waals surface area contributed by atoms with Crippen molar-refractivity contribution >= 4 is 29.6 Å². The van der Waals surface area contributed by atoms with Crippen molar-refractivity contribution in [2.45, 2.75) is 56.3 Å². The molecule has 8 N–H and O–H groups in total. The van der Waals surface area contributed by atoms with Crippen molar-refractivity contribution in [1.29, 1.82) is 0 Å². The van der Waals surface area contributed by atoms with Gasteiger partial charge in [-0.2, -0.15) is 0 Å². The van der Waals surface area contributed by atoms with Crippen LogP contribution in [0.1, 0.15) is 30.5 Å². The molecule has 2 aromatic rings. The summed E-state index contributed by atoms with van der Waals surface area (Å²) in [6.45, 7) is 0.247. The minimum Gasteiger partial charge on any atom is -0.480 e. The monoisotopic (exact) mass is 513 g/mol. The maximum atomic E-state index is 13.4. The molecule has 0 radical (unpaired) electrons. The number of aromatic amines is 1. The Hall–Kier alpha value is -4.26. The minimum atomic E-state index is -1.26. The first-order chi connectivity index (χ1) is 17.7. The summed E-state index contributed by atoms with van der Waals surface area (Å²) in [5.74, 6) is -3.86. The van der Waals surface area contributed by atoms with Crippen LogP contribution < -0.4 is 22.1 Å². The predicted molar refractivity (Wildman–Crippen MR) is 130 cm³/mol. The van der Waals surface area contributed by atoms with Crippen LogP contribution in [0.15, 0.2) is 42.9 Å². The highest BCUT2D eigenvalue weighted by molar-refractivity contribution is 5.95. The van der Waals surface area contributed by atoms with Gasteiger partial charge < -0.3 is 37.1 Å². The van der Waals surface area contributed by atoms with E-state index in [0.29, 0.717) is 18.5 Å². The molecule has 4 unspecified atom stereocenters. The number of hydrogen-bond acceptors (Lipinski definition) is 7. The Bertz CT molecular complexity index is 1110. The highest BCUT2D eigenvalue weighted by Gasteiger charge is 2.38. The molecule has 0 bridgehead atoms. The molecule has 1 fully saturated rings. The van der Waals surface area contributed by atoms with Crippen LogP contribution in [0.25, 0.3) is 0 Å². The number of amides is 4. The number of carboxylic acid groups (broad SMARTS) is 1. The fraction of sp³-hybridized carbons (Fsp3) is 0.417. The zero-order valence-electron chi connectivity index (χ0n) is 20.1. The Morgan fingerprint density at radius 2 is 1.78 bits per heavy atom. The molecule has 37 heavy (non-hydrogen) atoms. The second kappa shape index (κ2) is 12.6. The van der Waals surface area contributed by atoms with Gasteiger partial charge >= 0.3 is 5.97 Å². The molecule has 1 saturated heterocycles. The number of nitrogens with one attached hydrogen (secondary N) is 3. The van der Waals surface area contributed by atoms with E-state index in [0.717, 1.165) is 5.56 Å². The molecule has 0 aliphatic carbocycles. The summed E-state index contributed by atoms with van der Waals surface area (Å²) in [5.41, 5.74) is 12.2. The Labute approximate surface area is 213 Å². The van der Waals surface area contributed by atoms with E-state index < -0.39 is 60.2 Å². The van der Waals surface area contributed by atoms with Crippen molar-refractivity contribution in [3.05, 3.63) is 54.1 Å². The summed E-state index contributed by atoms with van der Waals surface area (Å²) >= 11 is 0. The van der Waals surface area contributed by atoms with Gasteiger partial charge in [-0.05, 0) is 18.4 Å². The molecule has 13 nitrogen and oxygen atoms in total. The van der Waals surface area contributed by atoms with Crippen LogP contribution in [-0.2, 0) is 36.8 Å². The molecule has 4 amide bonds. The normalized spacial score (nSPS) is 17.4. The number of carboxylic acids is 1. The van der Waals surface area contributed by atoms with E-state index in [1.54, 1.807) is 30.3 Å². The van der Waals surface area contributed by atoms with Crippen molar-refractivity contribution in [3.8, 4) is 0 Å². The smallest absolute Gasteiger partial charge is 0.326 e. The SMILES string of the molecule is NC(=O)CC(N)C(=O)NC(Cc1ccccc1)C(=O)NC(Cc1cnc[nH]1)C(=O)N1CCCC1C(=O)O. The Kier molecular flexibility index (Phi) is 9.33. The third-order valence-corrected chi connectivity index (χ3v) is 6.09. The van der Waals surface area contributed by atoms with Crippen molar-refractivity contribution in [3.63, 3.8) is 0 Å². The third kappa shape index (κ3) is 7.61. The van der Waals surface area contributed by atoms with E-state index in [1.807, 2.05) is 0 Å². The number of imidazole rings is 1. The number of carbonyl (C=O) groups is 5. The van der Waals surface area contributed by atoms with Crippen LogP contribution in [-0.4, -0.2) is 80.3 Å². The summed E-state index contributed by atoms with van der Waals surface area (Å²) < 4.78 is 0. The van der Waals surface area contributed by atoms with Crippen molar-refractivity contribution < 1.29 is 29.1 Å². The zero-order valence-corrected chi connectivity index (χ0v) is 20.1. The molecule has 0 saturated carbocycles. The molecule has 0 spiro atoms. The maximum Gasteiger partial charge on any atom is 0.326 e. The molecule has 1 aliphatic heterocycles. The minimum absolute atomic E-state index is 0.0284. The van der Waals surface area contributed by atoms with E-state index in [1.165, 1.54) is 17.4 Å². The van der Waals surface area contributed by atoms with Gasteiger partial charge in [-0.1, -0.05) is 30.3 Å². The number of primary amides is 1. The van der Waals surface area contributed by atoms with Crippen LogP contribution in [0, 0.1) is 0 Å². The van der Waals surface area contributed by atoms with Gasteiger partial charge in [0.25, 0.3) is 0 Å². The standard InChI is InChI=1S/C24H31N7O6/c25-16(11-20(26)32)21(33)29-17(9-14-5-2-1-3-6-14)22(34)30-18(10-15-12-27-13-28-15)23(35)31-8-4-7-19(31)24(36)37/h1-3,5-6,12-13,16-19H,4,7-11,25H2,(H2,26,32)(H,27,28)(H,29,33)(H,30,34)(H,36,37). The molecule has 198 valence electrons. The first-order valence-electron chi connectivity index (χ1n) is 11.8. The van der Waals surface area contributed by atoms with Gasteiger partial charge in [0.15, 0.2) is 0 Å². The lowest BCUT2D eigenvalue weighted by Crippen LogP contribution is -2.58. The van der Waals surface area contributed by atoms with Gasteiger partial charge in [-0.3, -0.25) is 19.2 Å².